The third-order valence-electron chi connectivity index (χ3n) is 5.63. The molecule has 0 saturated carbocycles. The van der Waals surface area contributed by atoms with Gasteiger partial charge in [-0.3, -0.25) is 24.0 Å². The van der Waals surface area contributed by atoms with Crippen molar-refractivity contribution in [1.82, 2.24) is 21.3 Å². The van der Waals surface area contributed by atoms with Gasteiger partial charge in [-0.2, -0.15) is 25.3 Å². The number of thiol groups is 2. The van der Waals surface area contributed by atoms with E-state index in [1.165, 1.54) is 6.92 Å². The third kappa shape index (κ3) is 11.8. The van der Waals surface area contributed by atoms with Crippen molar-refractivity contribution in [2.45, 2.75) is 62.5 Å². The number of nitrogens with two attached hydrogens (primary N) is 2. The summed E-state index contributed by atoms with van der Waals surface area (Å²) < 4.78 is 0. The first-order chi connectivity index (χ1) is 18.8. The summed E-state index contributed by atoms with van der Waals surface area (Å²) in [6.45, 7) is 1.19. The third-order valence-corrected chi connectivity index (χ3v) is 6.36. The van der Waals surface area contributed by atoms with Gasteiger partial charge in [0.1, 0.15) is 18.1 Å². The lowest BCUT2D eigenvalue weighted by Gasteiger charge is -2.26. The van der Waals surface area contributed by atoms with Crippen LogP contribution >= 0.6 is 25.3 Å². The SMILES string of the molecule is C[C@@H](O)[C@H](NC(=O)[C@H](Cc1ccccc1)NC(=O)[C@H](CS)NC(=O)[C@H](CS)NC(=O)[C@@H](N)CCC(N)=O)C(=O)O. The lowest BCUT2D eigenvalue weighted by Crippen LogP contribution is -2.60. The number of hydrogen-bond donors (Lipinski definition) is 10. The second-order valence-corrected chi connectivity index (χ2v) is 9.65. The lowest BCUT2D eigenvalue weighted by atomic mass is 10.0. The predicted molar refractivity (Wildman–Crippen MR) is 151 cm³/mol. The van der Waals surface area contributed by atoms with Gasteiger partial charge in [-0.15, -0.1) is 0 Å². The van der Waals surface area contributed by atoms with Crippen LogP contribution in [-0.2, 0) is 35.2 Å². The molecule has 0 aromatic heterocycles. The summed E-state index contributed by atoms with van der Waals surface area (Å²) in [5.41, 5.74) is 11.4. The summed E-state index contributed by atoms with van der Waals surface area (Å²) in [7, 11) is 0. The standard InChI is InChI=1S/C24H36N6O8S2/c1-12(31)19(24(37)38)30-21(34)15(9-13-5-3-2-4-6-13)27-22(35)17(11-40)29-23(36)16(10-39)28-20(33)14(25)7-8-18(26)32/h2-6,12,14-17,19,31,39-40H,7-11,25H2,1H3,(H2,26,32)(H,27,35)(H,28,33)(H,29,36)(H,30,34)(H,37,38)/t12-,14+,15+,16+,17+,19+/m1/s1. The highest BCUT2D eigenvalue weighted by molar-refractivity contribution is 7.80. The van der Waals surface area contributed by atoms with Gasteiger partial charge in [-0.1, -0.05) is 30.3 Å². The molecule has 1 rings (SSSR count). The Bertz CT molecular complexity index is 1050. The normalized spacial score (nSPS) is 15.3. The monoisotopic (exact) mass is 600 g/mol. The molecule has 5 amide bonds. The van der Waals surface area contributed by atoms with Crippen molar-refractivity contribution < 1.29 is 39.0 Å². The summed E-state index contributed by atoms with van der Waals surface area (Å²) in [5.74, 6) is -5.67. The molecule has 0 spiro atoms. The van der Waals surface area contributed by atoms with Gasteiger partial charge in [-0.25, -0.2) is 4.79 Å². The quantitative estimate of drug-likeness (QED) is 0.0823. The maximum atomic E-state index is 13.1. The van der Waals surface area contributed by atoms with Crippen LogP contribution < -0.4 is 32.7 Å². The smallest absolute Gasteiger partial charge is 0.328 e. The zero-order valence-electron chi connectivity index (χ0n) is 21.8. The van der Waals surface area contributed by atoms with Crippen molar-refractivity contribution in [2.24, 2.45) is 11.5 Å². The highest BCUT2D eigenvalue weighted by Gasteiger charge is 2.32. The van der Waals surface area contributed by atoms with E-state index in [-0.39, 0.29) is 30.8 Å². The number of aliphatic carboxylic acids is 1. The number of aliphatic hydroxyl groups excluding tert-OH is 1. The van der Waals surface area contributed by atoms with Crippen LogP contribution in [0.1, 0.15) is 25.3 Å². The number of hydrogen-bond acceptors (Lipinski definition) is 10. The average Bonchev–Trinajstić information content (AvgIpc) is 2.90. The van der Waals surface area contributed by atoms with Gasteiger partial charge in [0.25, 0.3) is 0 Å². The van der Waals surface area contributed by atoms with Crippen molar-refractivity contribution in [3.8, 4) is 0 Å². The Kier molecular flexibility index (Phi) is 15.1. The Balaban J connectivity index is 2.99. The molecule has 0 bridgehead atoms. The van der Waals surface area contributed by atoms with E-state index in [1.54, 1.807) is 30.3 Å². The molecule has 40 heavy (non-hydrogen) atoms. The number of carboxylic acids is 1. The first kappa shape index (κ1) is 34.7. The fraction of sp³-hybridized carbons (Fsp3) is 0.500. The van der Waals surface area contributed by atoms with Gasteiger partial charge in [0, 0.05) is 24.3 Å². The molecule has 1 aromatic carbocycles. The van der Waals surface area contributed by atoms with E-state index in [2.05, 4.69) is 46.5 Å². The van der Waals surface area contributed by atoms with Gasteiger partial charge in [-0.05, 0) is 18.9 Å². The molecular formula is C24H36N6O8S2. The molecule has 0 radical (unpaired) electrons. The molecule has 14 nitrogen and oxygen atoms in total. The van der Waals surface area contributed by atoms with Crippen LogP contribution in [0.3, 0.4) is 0 Å². The second kappa shape index (κ2) is 17.4. The Hall–Kier alpha value is -3.34. The minimum atomic E-state index is -1.63. The topological polar surface area (TPSA) is 243 Å². The summed E-state index contributed by atoms with van der Waals surface area (Å²) in [5, 5.41) is 28.6. The molecule has 0 aliphatic rings. The number of carbonyl (C=O) groups is 6. The highest BCUT2D eigenvalue weighted by Crippen LogP contribution is 2.06. The number of carbonyl (C=O) groups excluding carboxylic acids is 5. The molecule has 0 saturated heterocycles. The summed E-state index contributed by atoms with van der Waals surface area (Å²) in [4.78, 5) is 73.5. The molecule has 0 unspecified atom stereocenters. The number of benzene rings is 1. The molecule has 6 atom stereocenters. The molecule has 16 heteroatoms. The minimum Gasteiger partial charge on any atom is -0.480 e. The number of amides is 5. The minimum absolute atomic E-state index is 0.0314. The van der Waals surface area contributed by atoms with E-state index in [0.717, 1.165) is 0 Å². The summed E-state index contributed by atoms with van der Waals surface area (Å²) in [6.07, 6.45) is -1.62. The van der Waals surface area contributed by atoms with Crippen LogP contribution in [0.5, 0.6) is 0 Å². The fourth-order valence-corrected chi connectivity index (χ4v) is 3.86. The molecule has 0 fully saturated rings. The van der Waals surface area contributed by atoms with E-state index >= 15 is 0 Å². The van der Waals surface area contributed by atoms with E-state index < -0.39 is 71.8 Å². The van der Waals surface area contributed by atoms with Crippen LogP contribution in [0.4, 0.5) is 0 Å². The second-order valence-electron chi connectivity index (χ2n) is 8.91. The van der Waals surface area contributed by atoms with Gasteiger partial charge >= 0.3 is 5.97 Å². The van der Waals surface area contributed by atoms with Crippen molar-refractivity contribution in [3.63, 3.8) is 0 Å². The van der Waals surface area contributed by atoms with Crippen LogP contribution in [0.15, 0.2) is 30.3 Å². The van der Waals surface area contributed by atoms with E-state index in [1.807, 2.05) is 0 Å². The lowest BCUT2D eigenvalue weighted by molar-refractivity contribution is -0.145. The number of aliphatic hydroxyl groups is 1. The Labute approximate surface area is 242 Å². The number of rotatable bonds is 17. The average molecular weight is 601 g/mol. The van der Waals surface area contributed by atoms with Gasteiger partial charge in [0.05, 0.1) is 12.1 Å². The van der Waals surface area contributed by atoms with E-state index in [9.17, 15) is 39.0 Å². The maximum Gasteiger partial charge on any atom is 0.328 e. The molecule has 0 heterocycles. The first-order valence-corrected chi connectivity index (χ1v) is 13.5. The summed E-state index contributed by atoms with van der Waals surface area (Å²) >= 11 is 8.16. The Morgan fingerprint density at radius 1 is 0.825 bits per heavy atom. The zero-order valence-corrected chi connectivity index (χ0v) is 23.6. The molecule has 222 valence electrons. The molecular weight excluding hydrogens is 564 g/mol. The largest absolute Gasteiger partial charge is 0.480 e. The van der Waals surface area contributed by atoms with Gasteiger partial charge in [0.2, 0.25) is 29.5 Å². The molecule has 0 aliphatic carbocycles. The Morgan fingerprint density at radius 2 is 1.30 bits per heavy atom. The van der Waals surface area contributed by atoms with Crippen molar-refractivity contribution in [1.29, 1.82) is 0 Å². The number of carboxylic acid groups (broad SMARTS) is 1. The summed E-state index contributed by atoms with van der Waals surface area (Å²) in [6, 6.07) is 2.08. The van der Waals surface area contributed by atoms with Crippen LogP contribution in [0.25, 0.3) is 0 Å². The van der Waals surface area contributed by atoms with Crippen molar-refractivity contribution in [2.75, 3.05) is 11.5 Å². The first-order valence-electron chi connectivity index (χ1n) is 12.2. The number of primary amides is 1. The molecule has 0 aliphatic heterocycles. The van der Waals surface area contributed by atoms with Gasteiger partial charge in [0.15, 0.2) is 6.04 Å². The van der Waals surface area contributed by atoms with Crippen molar-refractivity contribution in [3.05, 3.63) is 35.9 Å². The van der Waals surface area contributed by atoms with Crippen LogP contribution in [-0.4, -0.2) is 93.5 Å². The zero-order chi connectivity index (χ0) is 30.4. The fourth-order valence-electron chi connectivity index (χ4n) is 3.34. The molecule has 1 aromatic rings. The number of nitrogens with one attached hydrogen (secondary N) is 4. The van der Waals surface area contributed by atoms with E-state index in [4.69, 9.17) is 11.5 Å². The van der Waals surface area contributed by atoms with Crippen LogP contribution in [0.2, 0.25) is 0 Å². The molecule has 10 N–H and O–H groups in total. The van der Waals surface area contributed by atoms with E-state index in [0.29, 0.717) is 5.56 Å². The maximum absolute atomic E-state index is 13.1. The van der Waals surface area contributed by atoms with Crippen LogP contribution in [0, 0.1) is 0 Å². The predicted octanol–water partition coefficient (Wildman–Crippen LogP) is -2.91. The Morgan fingerprint density at radius 3 is 1.75 bits per heavy atom. The van der Waals surface area contributed by atoms with Crippen molar-refractivity contribution >= 4 is 60.8 Å². The van der Waals surface area contributed by atoms with Gasteiger partial charge < -0.3 is 42.9 Å². The highest BCUT2D eigenvalue weighted by atomic mass is 32.1.